The molecule has 2 atom stereocenters. The van der Waals surface area contributed by atoms with Gasteiger partial charge in [0.2, 0.25) is 0 Å². The van der Waals surface area contributed by atoms with Gasteiger partial charge in [0.15, 0.2) is 6.10 Å². The molecule has 0 aliphatic rings. The maximum Gasteiger partial charge on any atom is 0.415 e. The molecule has 1 aromatic carbocycles. The third-order valence-electron chi connectivity index (χ3n) is 2.58. The molecule has 0 radical (unpaired) electrons. The van der Waals surface area contributed by atoms with E-state index in [-0.39, 0.29) is 13.2 Å². The van der Waals surface area contributed by atoms with Gasteiger partial charge in [0.05, 0.1) is 7.11 Å². The molecule has 0 amide bonds. The van der Waals surface area contributed by atoms with Crippen LogP contribution in [0.2, 0.25) is 0 Å². The SMILES string of the molecule is COc1cccc(OCC(O)CNCC(O)C(F)(F)F)c1. The Balaban J connectivity index is 2.26. The van der Waals surface area contributed by atoms with Crippen LogP contribution in [-0.4, -0.2) is 55.4 Å². The molecule has 0 aliphatic heterocycles. The zero-order chi connectivity index (χ0) is 15.9. The van der Waals surface area contributed by atoms with E-state index in [9.17, 15) is 18.3 Å². The first-order valence-corrected chi connectivity index (χ1v) is 6.23. The fraction of sp³-hybridized carbons (Fsp3) is 0.538. The van der Waals surface area contributed by atoms with Gasteiger partial charge in [-0.05, 0) is 12.1 Å². The van der Waals surface area contributed by atoms with Gasteiger partial charge in [-0.25, -0.2) is 0 Å². The monoisotopic (exact) mass is 309 g/mol. The van der Waals surface area contributed by atoms with Crippen molar-refractivity contribution in [2.45, 2.75) is 18.4 Å². The van der Waals surface area contributed by atoms with E-state index in [4.69, 9.17) is 14.6 Å². The summed E-state index contributed by atoms with van der Waals surface area (Å²) in [6.07, 6.45) is -8.13. The molecule has 0 aromatic heterocycles. The summed E-state index contributed by atoms with van der Waals surface area (Å²) in [5.74, 6) is 1.07. The molecule has 0 heterocycles. The minimum Gasteiger partial charge on any atom is -0.497 e. The Morgan fingerprint density at radius 2 is 1.86 bits per heavy atom. The molecule has 0 bridgehead atoms. The summed E-state index contributed by atoms with van der Waals surface area (Å²) < 4.78 is 46.4. The number of rotatable bonds is 8. The fourth-order valence-electron chi connectivity index (χ4n) is 1.44. The van der Waals surface area contributed by atoms with Crippen LogP contribution in [0.15, 0.2) is 24.3 Å². The first-order valence-electron chi connectivity index (χ1n) is 6.23. The molecule has 1 aromatic rings. The van der Waals surface area contributed by atoms with Crippen molar-refractivity contribution in [1.29, 1.82) is 0 Å². The fourth-order valence-corrected chi connectivity index (χ4v) is 1.44. The van der Waals surface area contributed by atoms with Gasteiger partial charge < -0.3 is 25.0 Å². The lowest BCUT2D eigenvalue weighted by molar-refractivity contribution is -0.202. The van der Waals surface area contributed by atoms with Gasteiger partial charge in [-0.3, -0.25) is 0 Å². The molecule has 5 nitrogen and oxygen atoms in total. The lowest BCUT2D eigenvalue weighted by Crippen LogP contribution is -2.41. The van der Waals surface area contributed by atoms with E-state index in [1.165, 1.54) is 7.11 Å². The Labute approximate surface area is 120 Å². The zero-order valence-corrected chi connectivity index (χ0v) is 11.4. The van der Waals surface area contributed by atoms with Crippen molar-refractivity contribution in [2.24, 2.45) is 0 Å². The first kappa shape index (κ1) is 17.5. The molecular formula is C13H18F3NO4. The summed E-state index contributed by atoms with van der Waals surface area (Å²) in [5, 5.41) is 20.6. The second-order valence-electron chi connectivity index (χ2n) is 4.36. The van der Waals surface area contributed by atoms with Gasteiger partial charge in [-0.1, -0.05) is 6.07 Å². The molecule has 21 heavy (non-hydrogen) atoms. The number of nitrogens with one attached hydrogen (secondary N) is 1. The molecule has 2 unspecified atom stereocenters. The smallest absolute Gasteiger partial charge is 0.415 e. The second-order valence-corrected chi connectivity index (χ2v) is 4.36. The first-order chi connectivity index (χ1) is 9.82. The minimum atomic E-state index is -4.67. The van der Waals surface area contributed by atoms with Gasteiger partial charge >= 0.3 is 6.18 Å². The molecule has 0 saturated heterocycles. The number of alkyl halides is 3. The Hall–Kier alpha value is -1.51. The molecule has 8 heteroatoms. The summed E-state index contributed by atoms with van der Waals surface area (Å²) in [4.78, 5) is 0. The maximum absolute atomic E-state index is 12.0. The van der Waals surface area contributed by atoms with Crippen LogP contribution >= 0.6 is 0 Å². The van der Waals surface area contributed by atoms with Crippen LogP contribution in [0.25, 0.3) is 0 Å². The highest BCUT2D eigenvalue weighted by molar-refractivity contribution is 5.32. The molecule has 120 valence electrons. The number of hydrogen-bond acceptors (Lipinski definition) is 5. The van der Waals surface area contributed by atoms with Gasteiger partial charge in [0.1, 0.15) is 24.2 Å². The summed E-state index contributed by atoms with van der Waals surface area (Å²) in [6, 6.07) is 6.71. The van der Waals surface area contributed by atoms with Crippen molar-refractivity contribution in [3.05, 3.63) is 24.3 Å². The number of benzene rings is 1. The highest BCUT2D eigenvalue weighted by atomic mass is 19.4. The van der Waals surface area contributed by atoms with Crippen molar-refractivity contribution < 1.29 is 32.9 Å². The van der Waals surface area contributed by atoms with E-state index >= 15 is 0 Å². The molecule has 3 N–H and O–H groups in total. The van der Waals surface area contributed by atoms with E-state index in [2.05, 4.69) is 5.32 Å². The van der Waals surface area contributed by atoms with Crippen LogP contribution in [0.1, 0.15) is 0 Å². The van der Waals surface area contributed by atoms with Gasteiger partial charge in [-0.2, -0.15) is 13.2 Å². The predicted molar refractivity (Wildman–Crippen MR) is 69.4 cm³/mol. The molecule has 0 spiro atoms. The molecule has 0 aliphatic carbocycles. The van der Waals surface area contributed by atoms with E-state index in [1.54, 1.807) is 24.3 Å². The van der Waals surface area contributed by atoms with Crippen molar-refractivity contribution in [3.8, 4) is 11.5 Å². The quantitative estimate of drug-likeness (QED) is 0.667. The van der Waals surface area contributed by atoms with E-state index in [0.29, 0.717) is 11.5 Å². The van der Waals surface area contributed by atoms with Gasteiger partial charge in [0, 0.05) is 19.2 Å². The van der Waals surface area contributed by atoms with Crippen molar-refractivity contribution in [1.82, 2.24) is 5.32 Å². The Morgan fingerprint density at radius 3 is 2.48 bits per heavy atom. The number of hydrogen-bond donors (Lipinski definition) is 3. The highest BCUT2D eigenvalue weighted by Gasteiger charge is 2.37. The number of methoxy groups -OCH3 is 1. The van der Waals surface area contributed by atoms with Crippen LogP contribution in [0.5, 0.6) is 11.5 Å². The van der Waals surface area contributed by atoms with E-state index in [1.807, 2.05) is 0 Å². The van der Waals surface area contributed by atoms with Crippen LogP contribution in [-0.2, 0) is 0 Å². The minimum absolute atomic E-state index is 0.0950. The normalized spacial score (nSPS) is 14.6. The van der Waals surface area contributed by atoms with Crippen molar-refractivity contribution in [3.63, 3.8) is 0 Å². The third kappa shape index (κ3) is 6.65. The average molecular weight is 309 g/mol. The average Bonchev–Trinajstić information content (AvgIpc) is 2.44. The van der Waals surface area contributed by atoms with Crippen LogP contribution in [0, 0.1) is 0 Å². The van der Waals surface area contributed by atoms with E-state index < -0.39 is 24.9 Å². The molecular weight excluding hydrogens is 291 g/mol. The molecule has 0 fully saturated rings. The summed E-state index contributed by atoms with van der Waals surface area (Å²) >= 11 is 0. The number of aliphatic hydroxyl groups excluding tert-OH is 2. The Morgan fingerprint density at radius 1 is 1.19 bits per heavy atom. The van der Waals surface area contributed by atoms with Gasteiger partial charge in [-0.15, -0.1) is 0 Å². The van der Waals surface area contributed by atoms with Gasteiger partial charge in [0.25, 0.3) is 0 Å². The number of halogens is 3. The van der Waals surface area contributed by atoms with E-state index in [0.717, 1.165) is 0 Å². The van der Waals surface area contributed by atoms with Crippen molar-refractivity contribution in [2.75, 3.05) is 26.8 Å². The Bertz CT molecular complexity index is 428. The maximum atomic E-state index is 12.0. The van der Waals surface area contributed by atoms with Crippen LogP contribution < -0.4 is 14.8 Å². The number of ether oxygens (including phenoxy) is 2. The van der Waals surface area contributed by atoms with Crippen molar-refractivity contribution >= 4 is 0 Å². The number of aliphatic hydroxyl groups is 2. The summed E-state index contributed by atoms with van der Waals surface area (Å²) in [6.45, 7) is -0.904. The predicted octanol–water partition coefficient (Wildman–Crippen LogP) is 0.948. The van der Waals surface area contributed by atoms with Crippen LogP contribution in [0.3, 0.4) is 0 Å². The third-order valence-corrected chi connectivity index (χ3v) is 2.58. The van der Waals surface area contributed by atoms with Crippen LogP contribution in [0.4, 0.5) is 13.2 Å². The summed E-state index contributed by atoms with van der Waals surface area (Å²) in [5.41, 5.74) is 0. The lowest BCUT2D eigenvalue weighted by Gasteiger charge is -2.17. The molecule has 1 rings (SSSR count). The highest BCUT2D eigenvalue weighted by Crippen LogP contribution is 2.19. The topological polar surface area (TPSA) is 71.0 Å². The second kappa shape index (κ2) is 8.06. The zero-order valence-electron chi connectivity index (χ0n) is 11.4. The largest absolute Gasteiger partial charge is 0.497 e. The summed E-state index contributed by atoms with van der Waals surface area (Å²) in [7, 11) is 1.50. The standard InChI is InChI=1S/C13H18F3NO4/c1-20-10-3-2-4-11(5-10)21-8-9(18)6-17-7-12(19)13(14,15)16/h2-5,9,12,17-19H,6-8H2,1H3. The lowest BCUT2D eigenvalue weighted by atomic mass is 10.3. The Kier molecular flexibility index (Phi) is 6.73. The molecule has 0 saturated carbocycles.